The fourth-order valence-electron chi connectivity index (χ4n) is 2.57. The third-order valence-corrected chi connectivity index (χ3v) is 3.97. The third kappa shape index (κ3) is 1.59. The minimum atomic E-state index is 0.141. The van der Waals surface area contributed by atoms with Crippen molar-refractivity contribution in [2.45, 2.75) is 12.8 Å². The number of fused-ring (bicyclic) bond motifs is 2. The van der Waals surface area contributed by atoms with Gasteiger partial charge in [0.25, 0.3) is 0 Å². The number of amides is 1. The van der Waals surface area contributed by atoms with Crippen LogP contribution in [0.4, 0.5) is 5.13 Å². The fourth-order valence-corrected chi connectivity index (χ4v) is 3.10. The topological polar surface area (TPSA) is 42.0 Å². The zero-order chi connectivity index (χ0) is 10.3. The zero-order valence-corrected chi connectivity index (χ0v) is 9.04. The second-order valence-corrected chi connectivity index (χ2v) is 5.11. The van der Waals surface area contributed by atoms with Crippen LogP contribution in [0.15, 0.2) is 23.7 Å². The highest BCUT2D eigenvalue weighted by Crippen LogP contribution is 2.43. The maximum Gasteiger partial charge on any atom is 0.229 e. The Bertz CT molecular complexity index is 399. The number of thiazole rings is 1. The average Bonchev–Trinajstić information content (AvgIpc) is 2.93. The summed E-state index contributed by atoms with van der Waals surface area (Å²) in [4.78, 5) is 16.0. The number of aromatic nitrogens is 1. The maximum atomic E-state index is 11.9. The SMILES string of the molecule is O=C(Nc1nccs1)C1CC2C=CC1C2. The summed E-state index contributed by atoms with van der Waals surface area (Å²) in [6.45, 7) is 0. The highest BCUT2D eigenvalue weighted by molar-refractivity contribution is 7.13. The highest BCUT2D eigenvalue weighted by Gasteiger charge is 2.39. The molecule has 1 amide bonds. The van der Waals surface area contributed by atoms with Gasteiger partial charge in [-0.25, -0.2) is 4.98 Å². The van der Waals surface area contributed by atoms with E-state index in [0.717, 1.165) is 12.8 Å². The van der Waals surface area contributed by atoms with Gasteiger partial charge < -0.3 is 5.32 Å². The number of hydrogen-bond donors (Lipinski definition) is 1. The number of anilines is 1. The Kier molecular flexibility index (Phi) is 2.09. The van der Waals surface area contributed by atoms with Gasteiger partial charge in [-0.05, 0) is 24.7 Å². The molecule has 1 fully saturated rings. The quantitative estimate of drug-likeness (QED) is 0.777. The van der Waals surface area contributed by atoms with Crippen molar-refractivity contribution in [1.29, 1.82) is 0 Å². The monoisotopic (exact) mass is 220 g/mol. The Hall–Kier alpha value is -1.16. The Labute approximate surface area is 92.2 Å². The molecule has 0 radical (unpaired) electrons. The Morgan fingerprint density at radius 1 is 1.47 bits per heavy atom. The van der Waals surface area contributed by atoms with Crippen molar-refractivity contribution >= 4 is 22.4 Å². The summed E-state index contributed by atoms with van der Waals surface area (Å²) < 4.78 is 0. The van der Waals surface area contributed by atoms with Crippen molar-refractivity contribution in [3.8, 4) is 0 Å². The summed E-state index contributed by atoms with van der Waals surface area (Å²) in [6.07, 6.45) is 8.33. The second-order valence-electron chi connectivity index (χ2n) is 4.21. The van der Waals surface area contributed by atoms with E-state index in [0.29, 0.717) is 17.0 Å². The van der Waals surface area contributed by atoms with E-state index in [4.69, 9.17) is 0 Å². The van der Waals surface area contributed by atoms with Crippen molar-refractivity contribution in [2.24, 2.45) is 17.8 Å². The molecule has 3 atom stereocenters. The van der Waals surface area contributed by atoms with E-state index >= 15 is 0 Å². The van der Waals surface area contributed by atoms with Crippen LogP contribution in [0.2, 0.25) is 0 Å². The van der Waals surface area contributed by atoms with Gasteiger partial charge in [0, 0.05) is 17.5 Å². The summed E-state index contributed by atoms with van der Waals surface area (Å²) >= 11 is 1.47. The minimum absolute atomic E-state index is 0.141. The first-order chi connectivity index (χ1) is 7.33. The van der Waals surface area contributed by atoms with Gasteiger partial charge in [-0.15, -0.1) is 11.3 Å². The van der Waals surface area contributed by atoms with Crippen LogP contribution in [0.1, 0.15) is 12.8 Å². The number of allylic oxidation sites excluding steroid dienone is 2. The van der Waals surface area contributed by atoms with Gasteiger partial charge in [0.2, 0.25) is 5.91 Å². The van der Waals surface area contributed by atoms with Gasteiger partial charge in [-0.3, -0.25) is 4.79 Å². The number of carbonyl (C=O) groups excluding carboxylic acids is 1. The van der Waals surface area contributed by atoms with Crippen LogP contribution in [-0.4, -0.2) is 10.9 Å². The predicted molar refractivity (Wildman–Crippen MR) is 59.6 cm³/mol. The van der Waals surface area contributed by atoms with Gasteiger partial charge >= 0.3 is 0 Å². The Balaban J connectivity index is 1.68. The summed E-state index contributed by atoms with van der Waals surface area (Å²) in [7, 11) is 0. The van der Waals surface area contributed by atoms with Crippen molar-refractivity contribution in [1.82, 2.24) is 4.98 Å². The van der Waals surface area contributed by atoms with Crippen molar-refractivity contribution in [2.75, 3.05) is 5.32 Å². The number of hydrogen-bond acceptors (Lipinski definition) is 3. The molecule has 4 heteroatoms. The molecule has 3 rings (SSSR count). The van der Waals surface area contributed by atoms with E-state index in [1.54, 1.807) is 6.20 Å². The molecule has 0 aliphatic heterocycles. The molecule has 0 aromatic carbocycles. The van der Waals surface area contributed by atoms with Crippen LogP contribution in [0.5, 0.6) is 0 Å². The molecule has 1 heterocycles. The molecule has 1 N–H and O–H groups in total. The lowest BCUT2D eigenvalue weighted by Gasteiger charge is -2.16. The molecule has 78 valence electrons. The van der Waals surface area contributed by atoms with Crippen LogP contribution >= 0.6 is 11.3 Å². The molecule has 1 aromatic rings. The molecule has 2 aliphatic rings. The van der Waals surface area contributed by atoms with E-state index in [2.05, 4.69) is 22.5 Å². The fraction of sp³-hybridized carbons (Fsp3) is 0.455. The van der Waals surface area contributed by atoms with E-state index in [1.807, 2.05) is 5.38 Å². The molecule has 3 unspecified atom stereocenters. The van der Waals surface area contributed by atoms with E-state index < -0.39 is 0 Å². The maximum absolute atomic E-state index is 11.9. The van der Waals surface area contributed by atoms with E-state index in [-0.39, 0.29) is 11.8 Å². The first kappa shape index (κ1) is 9.09. The second kappa shape index (κ2) is 3.45. The number of nitrogens with one attached hydrogen (secondary N) is 1. The molecule has 0 saturated heterocycles. The number of carbonyl (C=O) groups is 1. The summed E-state index contributed by atoms with van der Waals surface area (Å²) in [5, 5.41) is 5.47. The molecule has 0 spiro atoms. The lowest BCUT2D eigenvalue weighted by molar-refractivity contribution is -0.120. The molecule has 2 aliphatic carbocycles. The van der Waals surface area contributed by atoms with Crippen molar-refractivity contribution in [3.63, 3.8) is 0 Å². The molecule has 3 nitrogen and oxygen atoms in total. The van der Waals surface area contributed by atoms with Crippen LogP contribution in [-0.2, 0) is 4.79 Å². The highest BCUT2D eigenvalue weighted by atomic mass is 32.1. The van der Waals surface area contributed by atoms with Crippen LogP contribution < -0.4 is 5.32 Å². The van der Waals surface area contributed by atoms with Gasteiger partial charge in [-0.2, -0.15) is 0 Å². The molecule has 15 heavy (non-hydrogen) atoms. The average molecular weight is 220 g/mol. The first-order valence-corrected chi connectivity index (χ1v) is 6.09. The molecule has 1 saturated carbocycles. The Morgan fingerprint density at radius 3 is 3.00 bits per heavy atom. The van der Waals surface area contributed by atoms with E-state index in [9.17, 15) is 4.79 Å². The third-order valence-electron chi connectivity index (χ3n) is 3.28. The smallest absolute Gasteiger partial charge is 0.229 e. The lowest BCUT2D eigenvalue weighted by Crippen LogP contribution is -2.25. The van der Waals surface area contributed by atoms with Crippen molar-refractivity contribution in [3.05, 3.63) is 23.7 Å². The van der Waals surface area contributed by atoms with Gasteiger partial charge in [0.05, 0.1) is 0 Å². The minimum Gasteiger partial charge on any atom is -0.302 e. The van der Waals surface area contributed by atoms with Crippen LogP contribution in [0, 0.1) is 17.8 Å². The lowest BCUT2D eigenvalue weighted by atomic mass is 9.93. The van der Waals surface area contributed by atoms with Gasteiger partial charge in [0.15, 0.2) is 5.13 Å². The standard InChI is InChI=1S/C11H12N2OS/c14-10(13-11-12-3-4-15-11)9-6-7-1-2-8(9)5-7/h1-4,7-9H,5-6H2,(H,12,13,14). The van der Waals surface area contributed by atoms with Gasteiger partial charge in [0.1, 0.15) is 0 Å². The molecule has 2 bridgehead atoms. The largest absolute Gasteiger partial charge is 0.302 e. The summed E-state index contributed by atoms with van der Waals surface area (Å²) in [5.41, 5.74) is 0. The van der Waals surface area contributed by atoms with Gasteiger partial charge in [-0.1, -0.05) is 12.2 Å². The molecular weight excluding hydrogens is 208 g/mol. The van der Waals surface area contributed by atoms with E-state index in [1.165, 1.54) is 11.3 Å². The van der Waals surface area contributed by atoms with Crippen molar-refractivity contribution < 1.29 is 4.79 Å². The predicted octanol–water partition coefficient (Wildman–Crippen LogP) is 2.29. The van der Waals surface area contributed by atoms with Crippen LogP contribution in [0.25, 0.3) is 0 Å². The summed E-state index contributed by atoms with van der Waals surface area (Å²) in [6, 6.07) is 0. The normalized spacial score (nSPS) is 32.1. The molecular formula is C11H12N2OS. The van der Waals surface area contributed by atoms with Crippen LogP contribution in [0.3, 0.4) is 0 Å². The zero-order valence-electron chi connectivity index (χ0n) is 8.22. The Morgan fingerprint density at radius 2 is 2.40 bits per heavy atom. The molecule has 1 aromatic heterocycles. The summed E-state index contributed by atoms with van der Waals surface area (Å²) in [5.74, 6) is 1.42. The first-order valence-electron chi connectivity index (χ1n) is 5.21. The number of rotatable bonds is 2. The number of nitrogens with zero attached hydrogens (tertiary/aromatic N) is 1.